The van der Waals surface area contributed by atoms with Crippen LogP contribution in [-0.4, -0.2) is 27.6 Å². The lowest BCUT2D eigenvalue weighted by molar-refractivity contribution is 0.803. The zero-order chi connectivity index (χ0) is 14.8. The Hall–Kier alpha value is -2.17. The molecule has 0 unspecified atom stereocenters. The molecule has 110 valence electrons. The molecule has 0 spiro atoms. The molecule has 2 heterocycles. The molecule has 0 aliphatic carbocycles. The Morgan fingerprint density at radius 3 is 2.67 bits per heavy atom. The van der Waals surface area contributed by atoms with E-state index in [0.717, 1.165) is 43.6 Å². The van der Waals surface area contributed by atoms with E-state index in [0.29, 0.717) is 5.95 Å². The van der Waals surface area contributed by atoms with Crippen molar-refractivity contribution in [2.24, 2.45) is 0 Å². The van der Waals surface area contributed by atoms with Gasteiger partial charge in [0.25, 0.3) is 0 Å². The van der Waals surface area contributed by atoms with Crippen LogP contribution in [0.1, 0.15) is 30.9 Å². The third kappa shape index (κ3) is 2.68. The van der Waals surface area contributed by atoms with Crippen LogP contribution in [0, 0.1) is 6.92 Å². The molecule has 1 aromatic carbocycles. The van der Waals surface area contributed by atoms with Crippen molar-refractivity contribution in [3.63, 3.8) is 0 Å². The third-order valence-electron chi connectivity index (χ3n) is 3.95. The van der Waals surface area contributed by atoms with Crippen molar-refractivity contribution in [3.05, 3.63) is 46.1 Å². The first kappa shape index (κ1) is 13.8. The summed E-state index contributed by atoms with van der Waals surface area (Å²) in [6, 6.07) is 6.08. The smallest absolute Gasteiger partial charge is 0.341 e. The molecular weight excluding hydrogens is 264 g/mol. The molecule has 0 radical (unpaired) electrons. The Morgan fingerprint density at radius 2 is 2.00 bits per heavy atom. The lowest BCUT2D eigenvalue weighted by Gasteiger charge is -2.16. The van der Waals surface area contributed by atoms with Crippen molar-refractivity contribution in [2.45, 2.75) is 33.1 Å². The van der Waals surface area contributed by atoms with Gasteiger partial charge in [-0.1, -0.05) is 24.6 Å². The van der Waals surface area contributed by atoms with Crippen LogP contribution in [0.3, 0.4) is 0 Å². The number of benzene rings is 1. The number of nitrogens with zero attached hydrogens (tertiary/aromatic N) is 4. The first-order valence-electron chi connectivity index (χ1n) is 7.49. The average molecular weight is 284 g/mol. The first-order chi connectivity index (χ1) is 10.2. The maximum absolute atomic E-state index is 12.3. The molecule has 5 nitrogen and oxygen atoms in total. The quantitative estimate of drug-likeness (QED) is 0.866. The zero-order valence-corrected chi connectivity index (χ0v) is 12.5. The van der Waals surface area contributed by atoms with E-state index in [4.69, 9.17) is 0 Å². The molecule has 1 aromatic heterocycles. The number of rotatable bonds is 3. The fourth-order valence-corrected chi connectivity index (χ4v) is 2.79. The fourth-order valence-electron chi connectivity index (χ4n) is 2.79. The summed E-state index contributed by atoms with van der Waals surface area (Å²) in [7, 11) is 0. The summed E-state index contributed by atoms with van der Waals surface area (Å²) in [6.45, 7) is 6.02. The zero-order valence-electron chi connectivity index (χ0n) is 12.5. The van der Waals surface area contributed by atoms with Crippen molar-refractivity contribution < 1.29 is 0 Å². The van der Waals surface area contributed by atoms with Crippen LogP contribution in [0.15, 0.2) is 29.3 Å². The number of hydrogen-bond donors (Lipinski definition) is 0. The van der Waals surface area contributed by atoms with Crippen LogP contribution in [0.25, 0.3) is 5.69 Å². The summed E-state index contributed by atoms with van der Waals surface area (Å²) < 4.78 is 1.54. The summed E-state index contributed by atoms with van der Waals surface area (Å²) >= 11 is 0. The normalized spacial score (nSPS) is 14.7. The average Bonchev–Trinajstić information content (AvgIpc) is 3.01. The summed E-state index contributed by atoms with van der Waals surface area (Å²) in [5.41, 5.74) is 2.94. The molecule has 0 N–H and O–H groups in total. The van der Waals surface area contributed by atoms with Gasteiger partial charge < -0.3 is 4.90 Å². The minimum absolute atomic E-state index is 0.259. The summed E-state index contributed by atoms with van der Waals surface area (Å²) in [5.74, 6) is 0.555. The predicted molar refractivity (Wildman–Crippen MR) is 83.2 cm³/mol. The Kier molecular flexibility index (Phi) is 3.73. The second kappa shape index (κ2) is 5.68. The molecule has 1 aliphatic rings. The maximum Gasteiger partial charge on any atom is 0.356 e. The van der Waals surface area contributed by atoms with Gasteiger partial charge in [-0.3, -0.25) is 4.57 Å². The lowest BCUT2D eigenvalue weighted by Crippen LogP contribution is -2.29. The molecule has 1 aliphatic heterocycles. The molecule has 0 saturated carbocycles. The van der Waals surface area contributed by atoms with E-state index in [1.807, 2.05) is 12.1 Å². The van der Waals surface area contributed by atoms with E-state index in [9.17, 15) is 4.79 Å². The SMILES string of the molecule is CCc1cc(C)ccc1-n1cnc(N2CCCC2)nc1=O. The van der Waals surface area contributed by atoms with Gasteiger partial charge in [-0.25, -0.2) is 9.78 Å². The van der Waals surface area contributed by atoms with E-state index in [-0.39, 0.29) is 5.69 Å². The number of anilines is 1. The van der Waals surface area contributed by atoms with Gasteiger partial charge in [0.05, 0.1) is 5.69 Å². The fraction of sp³-hybridized carbons (Fsp3) is 0.438. The van der Waals surface area contributed by atoms with Gasteiger partial charge in [-0.15, -0.1) is 0 Å². The van der Waals surface area contributed by atoms with Crippen LogP contribution < -0.4 is 10.6 Å². The Bertz CT molecular complexity index is 702. The first-order valence-corrected chi connectivity index (χ1v) is 7.49. The minimum Gasteiger partial charge on any atom is -0.341 e. The minimum atomic E-state index is -0.259. The van der Waals surface area contributed by atoms with Gasteiger partial charge in [0, 0.05) is 13.1 Å². The largest absolute Gasteiger partial charge is 0.356 e. The molecule has 2 aromatic rings. The van der Waals surface area contributed by atoms with E-state index >= 15 is 0 Å². The van der Waals surface area contributed by atoms with Gasteiger partial charge in [-0.2, -0.15) is 4.98 Å². The Balaban J connectivity index is 2.01. The van der Waals surface area contributed by atoms with E-state index < -0.39 is 0 Å². The van der Waals surface area contributed by atoms with Crippen LogP contribution in [-0.2, 0) is 6.42 Å². The van der Waals surface area contributed by atoms with E-state index in [2.05, 4.69) is 34.8 Å². The van der Waals surface area contributed by atoms with Gasteiger partial charge >= 0.3 is 5.69 Å². The second-order valence-electron chi connectivity index (χ2n) is 5.49. The van der Waals surface area contributed by atoms with Gasteiger partial charge in [0.2, 0.25) is 5.95 Å². The van der Waals surface area contributed by atoms with Gasteiger partial charge in [0.15, 0.2) is 0 Å². The van der Waals surface area contributed by atoms with Gasteiger partial charge in [0.1, 0.15) is 6.33 Å². The summed E-state index contributed by atoms with van der Waals surface area (Å²) in [6.07, 6.45) is 4.76. The Morgan fingerprint density at radius 1 is 1.24 bits per heavy atom. The molecule has 0 atom stereocenters. The highest BCUT2D eigenvalue weighted by molar-refractivity contribution is 5.43. The molecular formula is C16H20N4O. The van der Waals surface area contributed by atoms with Crippen LogP contribution in [0.2, 0.25) is 0 Å². The van der Waals surface area contributed by atoms with Crippen molar-refractivity contribution >= 4 is 5.95 Å². The summed E-state index contributed by atoms with van der Waals surface area (Å²) in [4.78, 5) is 22.9. The molecule has 0 bridgehead atoms. The highest BCUT2D eigenvalue weighted by Gasteiger charge is 2.16. The molecule has 1 saturated heterocycles. The van der Waals surface area contributed by atoms with Crippen LogP contribution in [0.4, 0.5) is 5.95 Å². The second-order valence-corrected chi connectivity index (χ2v) is 5.49. The standard InChI is InChI=1S/C16H20N4O/c1-3-13-10-12(2)6-7-14(13)20-11-17-15(18-16(20)21)19-8-4-5-9-19/h6-7,10-11H,3-5,8-9H2,1-2H3. The lowest BCUT2D eigenvalue weighted by atomic mass is 10.1. The number of aromatic nitrogens is 3. The molecule has 21 heavy (non-hydrogen) atoms. The summed E-state index contributed by atoms with van der Waals surface area (Å²) in [5, 5.41) is 0. The monoisotopic (exact) mass is 284 g/mol. The van der Waals surface area contributed by atoms with Crippen molar-refractivity contribution in [3.8, 4) is 5.69 Å². The maximum atomic E-state index is 12.3. The van der Waals surface area contributed by atoms with Crippen LogP contribution in [0.5, 0.6) is 0 Å². The third-order valence-corrected chi connectivity index (χ3v) is 3.95. The molecule has 5 heteroatoms. The van der Waals surface area contributed by atoms with Crippen molar-refractivity contribution in [1.82, 2.24) is 14.5 Å². The topological polar surface area (TPSA) is 51.0 Å². The number of hydrogen-bond acceptors (Lipinski definition) is 4. The number of aryl methyl sites for hydroxylation is 2. The van der Waals surface area contributed by atoms with Crippen molar-refractivity contribution in [2.75, 3.05) is 18.0 Å². The molecule has 3 rings (SSSR count). The van der Waals surface area contributed by atoms with Crippen LogP contribution >= 0.6 is 0 Å². The van der Waals surface area contributed by atoms with Gasteiger partial charge in [-0.05, 0) is 37.8 Å². The molecule has 1 fully saturated rings. The Labute approximate surface area is 124 Å². The molecule has 0 amide bonds. The van der Waals surface area contributed by atoms with Crippen molar-refractivity contribution in [1.29, 1.82) is 0 Å². The predicted octanol–water partition coefficient (Wildman–Crippen LogP) is 2.10. The highest BCUT2D eigenvalue weighted by Crippen LogP contribution is 2.17. The van der Waals surface area contributed by atoms with E-state index in [1.54, 1.807) is 6.33 Å². The highest BCUT2D eigenvalue weighted by atomic mass is 16.1. The van der Waals surface area contributed by atoms with E-state index in [1.165, 1.54) is 10.1 Å².